The van der Waals surface area contributed by atoms with E-state index >= 15 is 0 Å². The summed E-state index contributed by atoms with van der Waals surface area (Å²) < 4.78 is 0. The molecule has 0 fully saturated rings. The first-order valence-electron chi connectivity index (χ1n) is 14.2. The van der Waals surface area contributed by atoms with Gasteiger partial charge in [-0.25, -0.2) is 0 Å². The normalized spacial score (nSPS) is 11.2. The van der Waals surface area contributed by atoms with Gasteiger partial charge in [-0.15, -0.1) is 0 Å². The molecule has 4 aromatic carbocycles. The molecule has 39 heavy (non-hydrogen) atoms. The Morgan fingerprint density at radius 3 is 0.872 bits per heavy atom. The number of aromatic hydroxyl groups is 3. The van der Waals surface area contributed by atoms with Crippen LogP contribution in [0.4, 0.5) is 0 Å². The molecule has 3 N–H and O–H groups in total. The molecule has 0 saturated carbocycles. The maximum atomic E-state index is 10.1. The highest BCUT2D eigenvalue weighted by molar-refractivity contribution is 5.57. The van der Waals surface area contributed by atoms with Crippen molar-refractivity contribution in [3.8, 4) is 17.2 Å². The molecule has 0 heterocycles. The second-order valence-corrected chi connectivity index (χ2v) is 10.8. The minimum Gasteiger partial charge on any atom is -0.508 e. The van der Waals surface area contributed by atoms with E-state index in [4.69, 9.17) is 0 Å². The first-order valence-corrected chi connectivity index (χ1v) is 14.2. The topological polar surface area (TPSA) is 60.7 Å². The molecule has 3 nitrogen and oxygen atoms in total. The Bertz CT molecular complexity index is 1300. The number of aryl methyl sites for hydroxylation is 3. The van der Waals surface area contributed by atoms with Gasteiger partial charge >= 0.3 is 0 Å². The summed E-state index contributed by atoms with van der Waals surface area (Å²) in [5, 5.41) is 30.4. The van der Waals surface area contributed by atoms with Crippen LogP contribution in [0.1, 0.15) is 87.5 Å². The molecule has 4 rings (SSSR count). The van der Waals surface area contributed by atoms with Gasteiger partial charge in [-0.05, 0) is 144 Å². The van der Waals surface area contributed by atoms with Gasteiger partial charge in [0, 0.05) is 0 Å². The van der Waals surface area contributed by atoms with E-state index in [-0.39, 0.29) is 0 Å². The molecular weight excluding hydrogens is 480 g/mol. The summed E-state index contributed by atoms with van der Waals surface area (Å²) in [7, 11) is 0. The van der Waals surface area contributed by atoms with E-state index < -0.39 is 0 Å². The van der Waals surface area contributed by atoms with Crippen LogP contribution in [0.3, 0.4) is 0 Å². The lowest BCUT2D eigenvalue weighted by molar-refractivity contribution is 0.470. The predicted octanol–water partition coefficient (Wildman–Crippen LogP) is 8.19. The Morgan fingerprint density at radius 1 is 0.410 bits per heavy atom. The van der Waals surface area contributed by atoms with Crippen LogP contribution < -0.4 is 0 Å². The first-order chi connectivity index (χ1) is 18.7. The molecule has 204 valence electrons. The number of phenolic OH excluding ortho intramolecular Hbond substituents is 3. The minimum atomic E-state index is 0.332. The van der Waals surface area contributed by atoms with Gasteiger partial charge in [0.25, 0.3) is 0 Å². The van der Waals surface area contributed by atoms with Crippen LogP contribution in [0, 0.1) is 20.8 Å². The van der Waals surface area contributed by atoms with Crippen LogP contribution in [-0.2, 0) is 38.5 Å². The van der Waals surface area contributed by atoms with E-state index in [0.29, 0.717) is 17.2 Å². The summed E-state index contributed by atoms with van der Waals surface area (Å²) in [6.07, 6.45) is 5.29. The molecule has 0 bridgehead atoms. The Morgan fingerprint density at radius 2 is 0.667 bits per heavy atom. The van der Waals surface area contributed by atoms with Crippen molar-refractivity contribution in [3.63, 3.8) is 0 Å². The van der Waals surface area contributed by atoms with Crippen molar-refractivity contribution < 1.29 is 15.3 Å². The first kappa shape index (κ1) is 28.3. The summed E-state index contributed by atoms with van der Waals surface area (Å²) in [5.41, 5.74) is 14.8. The molecule has 0 aliphatic heterocycles. The van der Waals surface area contributed by atoms with E-state index in [2.05, 4.69) is 39.0 Å². The fourth-order valence-corrected chi connectivity index (χ4v) is 6.11. The predicted molar refractivity (Wildman–Crippen MR) is 162 cm³/mol. The third-order valence-electron chi connectivity index (χ3n) is 8.17. The fourth-order valence-electron chi connectivity index (χ4n) is 6.11. The van der Waals surface area contributed by atoms with Gasteiger partial charge in [0.15, 0.2) is 0 Å². The highest BCUT2D eigenvalue weighted by atomic mass is 16.3. The number of hydrogen-bond donors (Lipinski definition) is 3. The highest BCUT2D eigenvalue weighted by Crippen LogP contribution is 2.36. The molecule has 0 atom stereocenters. The van der Waals surface area contributed by atoms with E-state index in [1.54, 1.807) is 0 Å². The third kappa shape index (κ3) is 5.98. The van der Waals surface area contributed by atoms with Crippen LogP contribution in [0.15, 0.2) is 54.6 Å². The van der Waals surface area contributed by atoms with E-state index in [9.17, 15) is 15.3 Å². The van der Waals surface area contributed by atoms with E-state index in [0.717, 1.165) is 55.2 Å². The highest BCUT2D eigenvalue weighted by Gasteiger charge is 2.22. The minimum absolute atomic E-state index is 0.332. The molecule has 0 radical (unpaired) electrons. The number of phenols is 3. The maximum absolute atomic E-state index is 10.1. The second kappa shape index (κ2) is 12.0. The zero-order valence-electron chi connectivity index (χ0n) is 24.3. The average Bonchev–Trinajstić information content (AvgIpc) is 2.91. The summed E-state index contributed by atoms with van der Waals surface area (Å²) in [6.45, 7) is 12.6. The van der Waals surface area contributed by atoms with Crippen LogP contribution in [0.25, 0.3) is 0 Å². The van der Waals surface area contributed by atoms with Crippen molar-refractivity contribution in [1.82, 2.24) is 0 Å². The maximum Gasteiger partial charge on any atom is 0.118 e. The standard InChI is InChI=1S/C36H42O3/c1-7-28-31(19-25-10-13-34(37)22(4)16-25)29(8-2)33(21-27-12-15-36(39)24(6)18-27)30(9-3)32(28)20-26-11-14-35(38)23(5)17-26/h10-18,37-39H,7-9,19-21H2,1-6H3. The monoisotopic (exact) mass is 522 g/mol. The molecule has 4 aromatic rings. The van der Waals surface area contributed by atoms with Crippen molar-refractivity contribution in [1.29, 1.82) is 0 Å². The van der Waals surface area contributed by atoms with Crippen molar-refractivity contribution in [2.75, 3.05) is 0 Å². The van der Waals surface area contributed by atoms with Gasteiger partial charge in [0.2, 0.25) is 0 Å². The Hall–Kier alpha value is -3.72. The molecule has 0 amide bonds. The number of rotatable bonds is 9. The largest absolute Gasteiger partial charge is 0.508 e. The van der Waals surface area contributed by atoms with Crippen molar-refractivity contribution in [2.45, 2.75) is 80.1 Å². The molecule has 3 heteroatoms. The molecular formula is C36H42O3. The van der Waals surface area contributed by atoms with Crippen molar-refractivity contribution in [2.24, 2.45) is 0 Å². The summed E-state index contributed by atoms with van der Waals surface area (Å²) in [6, 6.07) is 17.9. The SMILES string of the molecule is CCc1c(Cc2ccc(O)c(C)c2)c(CC)c(Cc2ccc(O)c(C)c2)c(CC)c1Cc1ccc(O)c(C)c1. The van der Waals surface area contributed by atoms with Crippen LogP contribution in [-0.4, -0.2) is 15.3 Å². The van der Waals surface area contributed by atoms with Crippen LogP contribution >= 0.6 is 0 Å². The summed E-state index contributed by atoms with van der Waals surface area (Å²) in [5.74, 6) is 0.995. The van der Waals surface area contributed by atoms with E-state index in [1.165, 1.54) is 50.1 Å². The molecule has 0 unspecified atom stereocenters. The quantitative estimate of drug-likeness (QED) is 0.208. The second-order valence-electron chi connectivity index (χ2n) is 10.8. The zero-order chi connectivity index (χ0) is 28.3. The van der Waals surface area contributed by atoms with Crippen LogP contribution in [0.5, 0.6) is 17.2 Å². The van der Waals surface area contributed by atoms with Gasteiger partial charge in [-0.3, -0.25) is 0 Å². The Labute approximate surface area is 233 Å². The van der Waals surface area contributed by atoms with Gasteiger partial charge in [0.05, 0.1) is 0 Å². The van der Waals surface area contributed by atoms with Crippen LogP contribution in [0.2, 0.25) is 0 Å². The molecule has 0 aliphatic carbocycles. The van der Waals surface area contributed by atoms with Crippen molar-refractivity contribution >= 4 is 0 Å². The van der Waals surface area contributed by atoms with Gasteiger partial charge < -0.3 is 15.3 Å². The summed E-state index contributed by atoms with van der Waals surface area (Å²) >= 11 is 0. The smallest absolute Gasteiger partial charge is 0.118 e. The molecule has 0 aromatic heterocycles. The summed E-state index contributed by atoms with van der Waals surface area (Å²) in [4.78, 5) is 0. The van der Waals surface area contributed by atoms with Gasteiger partial charge in [0.1, 0.15) is 17.2 Å². The molecule has 0 spiro atoms. The zero-order valence-corrected chi connectivity index (χ0v) is 24.3. The lowest BCUT2D eigenvalue weighted by atomic mass is 9.78. The lowest BCUT2D eigenvalue weighted by Gasteiger charge is -2.27. The van der Waals surface area contributed by atoms with Crippen molar-refractivity contribution in [3.05, 3.63) is 121 Å². The van der Waals surface area contributed by atoms with Gasteiger partial charge in [-0.2, -0.15) is 0 Å². The molecule has 0 aliphatic rings. The third-order valence-corrected chi connectivity index (χ3v) is 8.17. The Kier molecular flexibility index (Phi) is 8.70. The lowest BCUT2D eigenvalue weighted by Crippen LogP contribution is -2.14. The number of benzene rings is 4. The molecule has 0 saturated heterocycles. The Balaban J connectivity index is 1.97. The average molecular weight is 523 g/mol. The van der Waals surface area contributed by atoms with E-state index in [1.807, 2.05) is 57.2 Å². The van der Waals surface area contributed by atoms with Gasteiger partial charge in [-0.1, -0.05) is 57.2 Å². The fraction of sp³-hybridized carbons (Fsp3) is 0.333. The number of hydrogen-bond acceptors (Lipinski definition) is 3.